The smallest absolute Gasteiger partial charge is 0.223 e. The van der Waals surface area contributed by atoms with Crippen LogP contribution in [0.5, 0.6) is 0 Å². The molecule has 0 spiro atoms. The molecule has 6 heteroatoms. The molecule has 0 fully saturated rings. The van der Waals surface area contributed by atoms with Crippen LogP contribution in [0, 0.1) is 0 Å². The monoisotopic (exact) mass is 250 g/mol. The van der Waals surface area contributed by atoms with E-state index in [-0.39, 0.29) is 5.91 Å². The molecule has 2 rings (SSSR count). The number of hydrogen-bond acceptors (Lipinski definition) is 4. The van der Waals surface area contributed by atoms with Crippen molar-refractivity contribution in [2.24, 2.45) is 0 Å². The maximum atomic E-state index is 11.5. The standard InChI is InChI=1S/C11H14N4OS/c1-14(2)9(16)3-6-15-7-4-12-10(15)11-13-5-8-17-11/h4-5,7-8H,3,6H2,1-2H3. The van der Waals surface area contributed by atoms with Crippen molar-refractivity contribution in [3.63, 3.8) is 0 Å². The lowest BCUT2D eigenvalue weighted by atomic mass is 10.3. The van der Waals surface area contributed by atoms with Gasteiger partial charge in [0.15, 0.2) is 10.8 Å². The Balaban J connectivity index is 2.08. The summed E-state index contributed by atoms with van der Waals surface area (Å²) in [5.74, 6) is 0.940. The second-order valence-electron chi connectivity index (χ2n) is 3.82. The first kappa shape index (κ1) is 11.8. The summed E-state index contributed by atoms with van der Waals surface area (Å²) < 4.78 is 1.96. The molecule has 1 amide bonds. The van der Waals surface area contributed by atoms with E-state index in [2.05, 4.69) is 9.97 Å². The Morgan fingerprint density at radius 1 is 1.41 bits per heavy atom. The van der Waals surface area contributed by atoms with Gasteiger partial charge in [-0.1, -0.05) is 0 Å². The molecule has 0 bridgehead atoms. The van der Waals surface area contributed by atoms with E-state index >= 15 is 0 Å². The quantitative estimate of drug-likeness (QED) is 0.826. The Bertz CT molecular complexity index is 489. The van der Waals surface area contributed by atoms with Crippen molar-refractivity contribution in [1.29, 1.82) is 0 Å². The van der Waals surface area contributed by atoms with Crippen LogP contribution >= 0.6 is 11.3 Å². The maximum absolute atomic E-state index is 11.5. The normalized spacial score (nSPS) is 10.5. The van der Waals surface area contributed by atoms with Gasteiger partial charge < -0.3 is 9.47 Å². The van der Waals surface area contributed by atoms with E-state index in [0.29, 0.717) is 13.0 Å². The first-order chi connectivity index (χ1) is 8.18. The number of rotatable bonds is 4. The Morgan fingerprint density at radius 2 is 2.24 bits per heavy atom. The number of thiazole rings is 1. The first-order valence-corrected chi connectivity index (χ1v) is 6.17. The Labute approximate surface area is 104 Å². The van der Waals surface area contributed by atoms with E-state index in [4.69, 9.17) is 0 Å². The molecule has 0 aromatic carbocycles. The minimum absolute atomic E-state index is 0.115. The van der Waals surface area contributed by atoms with Gasteiger partial charge in [0.2, 0.25) is 5.91 Å². The number of aromatic nitrogens is 3. The summed E-state index contributed by atoms with van der Waals surface area (Å²) in [6.45, 7) is 0.631. The summed E-state index contributed by atoms with van der Waals surface area (Å²) in [5.41, 5.74) is 0. The highest BCUT2D eigenvalue weighted by molar-refractivity contribution is 7.13. The van der Waals surface area contributed by atoms with Crippen LogP contribution in [0.15, 0.2) is 24.0 Å². The van der Waals surface area contributed by atoms with Gasteiger partial charge in [-0.25, -0.2) is 9.97 Å². The SMILES string of the molecule is CN(C)C(=O)CCn1ccnc1-c1nccs1. The predicted molar refractivity (Wildman–Crippen MR) is 66.6 cm³/mol. The third-order valence-electron chi connectivity index (χ3n) is 2.40. The average Bonchev–Trinajstić information content (AvgIpc) is 2.95. The van der Waals surface area contributed by atoms with Gasteiger partial charge in [-0.2, -0.15) is 0 Å². The number of nitrogens with zero attached hydrogens (tertiary/aromatic N) is 4. The van der Waals surface area contributed by atoms with Gasteiger partial charge in [0.05, 0.1) is 0 Å². The average molecular weight is 250 g/mol. The van der Waals surface area contributed by atoms with Crippen molar-refractivity contribution in [1.82, 2.24) is 19.4 Å². The van der Waals surface area contributed by atoms with Crippen molar-refractivity contribution >= 4 is 17.2 Å². The minimum Gasteiger partial charge on any atom is -0.349 e. The maximum Gasteiger partial charge on any atom is 0.223 e. The number of hydrogen-bond donors (Lipinski definition) is 0. The predicted octanol–water partition coefficient (Wildman–Crippen LogP) is 1.48. The van der Waals surface area contributed by atoms with Gasteiger partial charge in [-0.15, -0.1) is 11.3 Å². The molecule has 0 aliphatic heterocycles. The minimum atomic E-state index is 0.115. The van der Waals surface area contributed by atoms with E-state index in [9.17, 15) is 4.79 Å². The molecule has 0 unspecified atom stereocenters. The molecule has 0 aliphatic rings. The number of carbonyl (C=O) groups is 1. The molecule has 17 heavy (non-hydrogen) atoms. The lowest BCUT2D eigenvalue weighted by molar-refractivity contribution is -0.128. The Hall–Kier alpha value is -1.69. The summed E-state index contributed by atoms with van der Waals surface area (Å²) in [4.78, 5) is 21.6. The molecule has 2 aromatic rings. The fraction of sp³-hybridized carbons (Fsp3) is 0.364. The second-order valence-corrected chi connectivity index (χ2v) is 4.71. The third kappa shape index (κ3) is 2.71. The summed E-state index contributed by atoms with van der Waals surface area (Å²) >= 11 is 1.55. The number of aryl methyl sites for hydroxylation is 1. The first-order valence-electron chi connectivity index (χ1n) is 5.29. The Morgan fingerprint density at radius 3 is 2.88 bits per heavy atom. The molecule has 90 valence electrons. The van der Waals surface area contributed by atoms with Crippen molar-refractivity contribution < 1.29 is 4.79 Å². The van der Waals surface area contributed by atoms with Crippen LogP contribution in [-0.4, -0.2) is 39.4 Å². The molecule has 2 aromatic heterocycles. The summed E-state index contributed by atoms with van der Waals surface area (Å²) in [5, 5.41) is 2.80. The molecule has 2 heterocycles. The van der Waals surface area contributed by atoms with E-state index in [1.54, 1.807) is 42.7 Å². The third-order valence-corrected chi connectivity index (χ3v) is 3.17. The molecule has 0 saturated heterocycles. The fourth-order valence-corrected chi connectivity index (χ4v) is 2.11. The molecule has 0 radical (unpaired) electrons. The van der Waals surface area contributed by atoms with Gasteiger partial charge in [-0.05, 0) is 0 Å². The number of imidazole rings is 1. The van der Waals surface area contributed by atoms with E-state index in [1.165, 1.54) is 0 Å². The van der Waals surface area contributed by atoms with Gasteiger partial charge in [0.25, 0.3) is 0 Å². The van der Waals surface area contributed by atoms with Crippen LogP contribution < -0.4 is 0 Å². The van der Waals surface area contributed by atoms with Crippen LogP contribution in [0.1, 0.15) is 6.42 Å². The van der Waals surface area contributed by atoms with Crippen LogP contribution in [0.25, 0.3) is 10.8 Å². The van der Waals surface area contributed by atoms with E-state index < -0.39 is 0 Å². The number of amides is 1. The van der Waals surface area contributed by atoms with Crippen LogP contribution in [-0.2, 0) is 11.3 Å². The van der Waals surface area contributed by atoms with Crippen molar-refractivity contribution in [2.45, 2.75) is 13.0 Å². The summed E-state index contributed by atoms with van der Waals surface area (Å²) in [6.07, 6.45) is 5.84. The molecular weight excluding hydrogens is 236 g/mol. The van der Waals surface area contributed by atoms with Gasteiger partial charge in [-0.3, -0.25) is 4.79 Å². The lowest BCUT2D eigenvalue weighted by Gasteiger charge is -2.11. The van der Waals surface area contributed by atoms with Crippen LogP contribution in [0.2, 0.25) is 0 Å². The summed E-state index contributed by atoms with van der Waals surface area (Å²) in [7, 11) is 3.52. The highest BCUT2D eigenvalue weighted by Gasteiger charge is 2.10. The molecule has 0 N–H and O–H groups in total. The highest BCUT2D eigenvalue weighted by Crippen LogP contribution is 2.19. The molecule has 0 saturated carbocycles. The number of carbonyl (C=O) groups excluding carboxylic acids is 1. The zero-order valence-corrected chi connectivity index (χ0v) is 10.6. The van der Waals surface area contributed by atoms with Gasteiger partial charge in [0.1, 0.15) is 0 Å². The molecule has 5 nitrogen and oxygen atoms in total. The topological polar surface area (TPSA) is 51.0 Å². The van der Waals surface area contributed by atoms with Crippen LogP contribution in [0.4, 0.5) is 0 Å². The van der Waals surface area contributed by atoms with Gasteiger partial charge >= 0.3 is 0 Å². The van der Waals surface area contributed by atoms with E-state index in [0.717, 1.165) is 10.8 Å². The van der Waals surface area contributed by atoms with E-state index in [1.807, 2.05) is 16.1 Å². The summed E-state index contributed by atoms with van der Waals surface area (Å²) in [6, 6.07) is 0. The molecule has 0 atom stereocenters. The van der Waals surface area contributed by atoms with Gasteiger partial charge in [0, 0.05) is 51.0 Å². The van der Waals surface area contributed by atoms with Crippen molar-refractivity contribution in [3.8, 4) is 10.8 Å². The zero-order chi connectivity index (χ0) is 12.3. The fourth-order valence-electron chi connectivity index (χ4n) is 1.46. The largest absolute Gasteiger partial charge is 0.349 e. The molecular formula is C11H14N4OS. The zero-order valence-electron chi connectivity index (χ0n) is 9.83. The lowest BCUT2D eigenvalue weighted by Crippen LogP contribution is -2.22. The van der Waals surface area contributed by atoms with Crippen molar-refractivity contribution in [3.05, 3.63) is 24.0 Å². The Kier molecular flexibility index (Phi) is 3.53. The second kappa shape index (κ2) is 5.09. The van der Waals surface area contributed by atoms with Crippen LogP contribution in [0.3, 0.4) is 0 Å². The van der Waals surface area contributed by atoms with Crippen molar-refractivity contribution in [2.75, 3.05) is 14.1 Å². The molecule has 0 aliphatic carbocycles. The highest BCUT2D eigenvalue weighted by atomic mass is 32.1.